The Morgan fingerprint density at radius 3 is 2.58 bits per heavy atom. The van der Waals surface area contributed by atoms with Crippen molar-refractivity contribution >= 4 is 5.91 Å². The van der Waals surface area contributed by atoms with Gasteiger partial charge in [-0.15, -0.1) is 0 Å². The highest BCUT2D eigenvalue weighted by Crippen LogP contribution is 2.31. The van der Waals surface area contributed by atoms with Gasteiger partial charge in [-0.1, -0.05) is 12.1 Å². The second-order valence-corrected chi connectivity index (χ2v) is 4.99. The number of amides is 1. The second kappa shape index (κ2) is 5.09. The van der Waals surface area contributed by atoms with Crippen LogP contribution in [0.2, 0.25) is 0 Å². The predicted octanol–water partition coefficient (Wildman–Crippen LogP) is 0.600. The Balaban J connectivity index is 1.66. The Morgan fingerprint density at radius 1 is 1.16 bits per heavy atom. The van der Waals surface area contributed by atoms with Crippen LogP contribution in [0.1, 0.15) is 0 Å². The lowest BCUT2D eigenvalue weighted by atomic mass is 10.2. The van der Waals surface area contributed by atoms with Crippen LogP contribution in [0.5, 0.6) is 11.5 Å². The molecule has 1 fully saturated rings. The van der Waals surface area contributed by atoms with Crippen molar-refractivity contribution in [2.75, 3.05) is 39.8 Å². The third kappa shape index (κ3) is 2.51. The van der Waals surface area contributed by atoms with Crippen LogP contribution in [0.3, 0.4) is 0 Å². The molecule has 1 amide bonds. The maximum Gasteiger partial charge on any atom is 0.267 e. The highest BCUT2D eigenvalue weighted by atomic mass is 16.6. The first-order chi connectivity index (χ1) is 9.24. The topological polar surface area (TPSA) is 42.0 Å². The Bertz CT molecular complexity index is 470. The van der Waals surface area contributed by atoms with Gasteiger partial charge in [-0.05, 0) is 19.2 Å². The molecular formula is C14H18N2O3. The van der Waals surface area contributed by atoms with E-state index in [4.69, 9.17) is 9.47 Å². The summed E-state index contributed by atoms with van der Waals surface area (Å²) in [4.78, 5) is 16.5. The first-order valence-electron chi connectivity index (χ1n) is 6.60. The number of piperazine rings is 1. The third-order valence-corrected chi connectivity index (χ3v) is 3.60. The van der Waals surface area contributed by atoms with Crippen LogP contribution in [0.15, 0.2) is 24.3 Å². The molecule has 1 aromatic carbocycles. The normalized spacial score (nSPS) is 23.2. The summed E-state index contributed by atoms with van der Waals surface area (Å²) in [5, 5.41) is 0. The van der Waals surface area contributed by atoms with Gasteiger partial charge in [0.2, 0.25) is 6.10 Å². The Kier molecular flexibility index (Phi) is 3.29. The van der Waals surface area contributed by atoms with Crippen LogP contribution in [-0.2, 0) is 4.79 Å². The minimum Gasteiger partial charge on any atom is -0.485 e. The van der Waals surface area contributed by atoms with Crippen LogP contribution in [0.4, 0.5) is 0 Å². The number of fused-ring (bicyclic) bond motifs is 1. The zero-order valence-electron chi connectivity index (χ0n) is 11.0. The number of hydrogen-bond acceptors (Lipinski definition) is 4. The molecule has 0 aliphatic carbocycles. The number of ether oxygens (including phenoxy) is 2. The molecule has 102 valence electrons. The highest BCUT2D eigenvalue weighted by molar-refractivity contribution is 5.82. The predicted molar refractivity (Wildman–Crippen MR) is 70.4 cm³/mol. The molecule has 5 nitrogen and oxygen atoms in total. The van der Waals surface area contributed by atoms with Gasteiger partial charge in [0.15, 0.2) is 11.5 Å². The number of rotatable bonds is 1. The van der Waals surface area contributed by atoms with Crippen molar-refractivity contribution < 1.29 is 14.3 Å². The minimum atomic E-state index is -0.515. The van der Waals surface area contributed by atoms with Crippen molar-refractivity contribution in [3.63, 3.8) is 0 Å². The Hall–Kier alpha value is -1.75. The standard InChI is InChI=1S/C14H18N2O3/c1-15-6-8-16(9-7-15)14(17)13-10-18-11-4-2-3-5-12(11)19-13/h2-5,13H,6-10H2,1H3/t13-/m0/s1. The van der Waals surface area contributed by atoms with Gasteiger partial charge in [0.05, 0.1) is 0 Å². The summed E-state index contributed by atoms with van der Waals surface area (Å²) in [5.74, 6) is 1.40. The lowest BCUT2D eigenvalue weighted by molar-refractivity contribution is -0.142. The lowest BCUT2D eigenvalue weighted by Crippen LogP contribution is -2.53. The molecule has 1 saturated heterocycles. The first kappa shape index (κ1) is 12.3. The number of carbonyl (C=O) groups excluding carboxylic acids is 1. The van der Waals surface area contributed by atoms with Gasteiger partial charge >= 0.3 is 0 Å². The average Bonchev–Trinajstić information content (AvgIpc) is 2.47. The largest absolute Gasteiger partial charge is 0.485 e. The van der Waals surface area contributed by atoms with E-state index in [0.717, 1.165) is 26.2 Å². The van der Waals surface area contributed by atoms with Gasteiger partial charge in [-0.2, -0.15) is 0 Å². The van der Waals surface area contributed by atoms with Crippen LogP contribution in [0.25, 0.3) is 0 Å². The maximum absolute atomic E-state index is 12.4. The molecule has 2 heterocycles. The van der Waals surface area contributed by atoms with E-state index in [2.05, 4.69) is 11.9 Å². The van der Waals surface area contributed by atoms with E-state index >= 15 is 0 Å². The number of benzene rings is 1. The van der Waals surface area contributed by atoms with Gasteiger partial charge in [0.25, 0.3) is 5.91 Å². The summed E-state index contributed by atoms with van der Waals surface area (Å²) < 4.78 is 11.3. The van der Waals surface area contributed by atoms with Crippen LogP contribution >= 0.6 is 0 Å². The van der Waals surface area contributed by atoms with E-state index in [9.17, 15) is 4.79 Å². The quantitative estimate of drug-likeness (QED) is 0.743. The SMILES string of the molecule is CN1CCN(C(=O)[C@@H]2COc3ccccc3O2)CC1. The second-order valence-electron chi connectivity index (χ2n) is 4.99. The number of carbonyl (C=O) groups is 1. The summed E-state index contributed by atoms with van der Waals surface area (Å²) in [6, 6.07) is 7.46. The summed E-state index contributed by atoms with van der Waals surface area (Å²) in [7, 11) is 2.07. The third-order valence-electron chi connectivity index (χ3n) is 3.60. The van der Waals surface area contributed by atoms with Gasteiger partial charge in [-0.25, -0.2) is 0 Å². The van der Waals surface area contributed by atoms with Crippen molar-refractivity contribution in [2.24, 2.45) is 0 Å². The van der Waals surface area contributed by atoms with Crippen molar-refractivity contribution in [1.29, 1.82) is 0 Å². The van der Waals surface area contributed by atoms with Crippen molar-refractivity contribution in [3.05, 3.63) is 24.3 Å². The van der Waals surface area contributed by atoms with E-state index in [1.54, 1.807) is 0 Å². The molecule has 2 aliphatic heterocycles. The fourth-order valence-corrected chi connectivity index (χ4v) is 2.37. The fraction of sp³-hybridized carbons (Fsp3) is 0.500. The van der Waals surface area contributed by atoms with Crippen LogP contribution in [-0.4, -0.2) is 61.6 Å². The van der Waals surface area contributed by atoms with Crippen LogP contribution in [0, 0.1) is 0 Å². The van der Waals surface area contributed by atoms with Crippen molar-refractivity contribution in [1.82, 2.24) is 9.80 Å². The zero-order valence-corrected chi connectivity index (χ0v) is 11.0. The number of para-hydroxylation sites is 2. The van der Waals surface area contributed by atoms with Crippen LogP contribution < -0.4 is 9.47 Å². The summed E-state index contributed by atoms with van der Waals surface area (Å²) >= 11 is 0. The van der Waals surface area contributed by atoms with E-state index in [1.807, 2.05) is 29.2 Å². The monoisotopic (exact) mass is 262 g/mol. The molecule has 0 N–H and O–H groups in total. The molecule has 0 radical (unpaired) electrons. The molecule has 2 aliphatic rings. The fourth-order valence-electron chi connectivity index (χ4n) is 2.37. The molecule has 1 atom stereocenters. The zero-order chi connectivity index (χ0) is 13.2. The average molecular weight is 262 g/mol. The molecule has 1 aromatic rings. The molecule has 0 aromatic heterocycles. The van der Waals surface area contributed by atoms with E-state index in [-0.39, 0.29) is 5.91 Å². The summed E-state index contributed by atoms with van der Waals surface area (Å²) in [6.07, 6.45) is -0.515. The van der Waals surface area contributed by atoms with Gasteiger partial charge in [0.1, 0.15) is 6.61 Å². The summed E-state index contributed by atoms with van der Waals surface area (Å²) in [5.41, 5.74) is 0. The molecule has 19 heavy (non-hydrogen) atoms. The smallest absolute Gasteiger partial charge is 0.267 e. The Labute approximate surface area is 112 Å². The number of nitrogens with zero attached hydrogens (tertiary/aromatic N) is 2. The van der Waals surface area contributed by atoms with E-state index < -0.39 is 6.10 Å². The number of likely N-dealkylation sites (N-methyl/N-ethyl adjacent to an activating group) is 1. The van der Waals surface area contributed by atoms with E-state index in [0.29, 0.717) is 18.1 Å². The van der Waals surface area contributed by atoms with Crippen molar-refractivity contribution in [3.8, 4) is 11.5 Å². The van der Waals surface area contributed by atoms with Crippen molar-refractivity contribution in [2.45, 2.75) is 6.10 Å². The molecule has 0 spiro atoms. The molecule has 0 bridgehead atoms. The number of hydrogen-bond donors (Lipinski definition) is 0. The molecule has 5 heteroatoms. The Morgan fingerprint density at radius 2 is 1.84 bits per heavy atom. The van der Waals surface area contributed by atoms with Gasteiger partial charge in [0, 0.05) is 26.2 Å². The summed E-state index contributed by atoms with van der Waals surface area (Å²) in [6.45, 7) is 3.64. The van der Waals surface area contributed by atoms with E-state index in [1.165, 1.54) is 0 Å². The molecule has 0 saturated carbocycles. The lowest BCUT2D eigenvalue weighted by Gasteiger charge is -2.35. The molecular weight excluding hydrogens is 244 g/mol. The van der Waals surface area contributed by atoms with Gasteiger partial charge < -0.3 is 19.3 Å². The first-order valence-corrected chi connectivity index (χ1v) is 6.60. The molecule has 0 unspecified atom stereocenters. The van der Waals surface area contributed by atoms with Gasteiger partial charge in [-0.3, -0.25) is 4.79 Å². The maximum atomic E-state index is 12.4. The minimum absolute atomic E-state index is 0.0302. The molecule has 3 rings (SSSR count). The highest BCUT2D eigenvalue weighted by Gasteiger charge is 2.32.